The van der Waals surface area contributed by atoms with Gasteiger partial charge in [-0.05, 0) is 64.2 Å². The van der Waals surface area contributed by atoms with Gasteiger partial charge in [-0.1, -0.05) is 0 Å². The molecule has 0 aromatic rings. The van der Waals surface area contributed by atoms with Crippen molar-refractivity contribution in [3.8, 4) is 0 Å². The van der Waals surface area contributed by atoms with Gasteiger partial charge in [-0.25, -0.2) is 0 Å². The van der Waals surface area contributed by atoms with Crippen molar-refractivity contribution in [3.05, 3.63) is 71.6 Å². The molecule has 0 aliphatic heterocycles. The fraction of sp³-hybridized carbons (Fsp3) is 0.0769. The van der Waals surface area contributed by atoms with Crippen LogP contribution in [-0.2, 0) is 26.5 Å². The molecule has 78 valence electrons. The van der Waals surface area contributed by atoms with Crippen molar-refractivity contribution >= 4 is 6.29 Å². The first kappa shape index (κ1) is 20.8. The Kier molecular flexibility index (Phi) is 27.5. The monoisotopic (exact) mass is 236 g/mol. The van der Waals surface area contributed by atoms with Crippen molar-refractivity contribution in [2.75, 3.05) is 0 Å². The minimum Gasteiger partial charge on any atom is -0.542 e. The summed E-state index contributed by atoms with van der Waals surface area (Å²) >= 11 is 0. The standard InChI is InChI=1S/2C5H5.C2H3O.CH3.Ti/c2*1-2-4-5-3-1;1-2-3;;/h2*1-5H;1H3;1H3;/q;;2*-1;+2. The minimum absolute atomic E-state index is 0. The molecule has 0 atom stereocenters. The van der Waals surface area contributed by atoms with Crippen LogP contribution in [0.3, 0.4) is 0 Å². The van der Waals surface area contributed by atoms with Crippen LogP contribution in [0.25, 0.3) is 0 Å². The third-order valence-electron chi connectivity index (χ3n) is 1.11. The van der Waals surface area contributed by atoms with E-state index in [9.17, 15) is 0 Å². The Morgan fingerprint density at radius 1 is 0.667 bits per heavy atom. The van der Waals surface area contributed by atoms with E-state index >= 15 is 0 Å². The fourth-order valence-corrected chi connectivity index (χ4v) is 0.642. The Hall–Kier alpha value is 0.384. The second-order valence-electron chi connectivity index (χ2n) is 2.13. The van der Waals surface area contributed by atoms with Crippen LogP contribution < -0.4 is 0 Å². The number of carbonyl (C=O) groups excluding carboxylic acids is 1. The summed E-state index contributed by atoms with van der Waals surface area (Å²) in [5, 5.41) is 0. The molecule has 0 aromatic heterocycles. The third-order valence-corrected chi connectivity index (χ3v) is 1.11. The minimum atomic E-state index is 0. The Labute approximate surface area is 111 Å². The molecule has 1 nitrogen and oxygen atoms in total. The van der Waals surface area contributed by atoms with E-state index in [1.807, 2.05) is 64.2 Å². The molecule has 0 saturated heterocycles. The molecule has 0 amide bonds. The largest absolute Gasteiger partial charge is 2.00 e. The molecular formula is C13H16OTi. The molecule has 0 N–H and O–H groups in total. The van der Waals surface area contributed by atoms with Gasteiger partial charge in [-0.15, -0.1) is 0 Å². The Balaban J connectivity index is -0.000000140. The second kappa shape index (κ2) is 19.9. The van der Waals surface area contributed by atoms with E-state index in [4.69, 9.17) is 4.79 Å². The van der Waals surface area contributed by atoms with Gasteiger partial charge in [0.2, 0.25) is 0 Å². The number of hydrogen-bond acceptors (Lipinski definition) is 1. The Morgan fingerprint density at radius 2 is 0.733 bits per heavy atom. The normalized spacial score (nSPS) is 16.9. The topological polar surface area (TPSA) is 17.1 Å². The number of hydrogen-bond donors (Lipinski definition) is 0. The molecule has 0 heterocycles. The summed E-state index contributed by atoms with van der Waals surface area (Å²) in [5.41, 5.74) is 0. The maximum atomic E-state index is 8.68. The van der Waals surface area contributed by atoms with Crippen LogP contribution in [0.5, 0.6) is 0 Å². The molecule has 10 radical (unpaired) electrons. The maximum absolute atomic E-state index is 8.68. The maximum Gasteiger partial charge on any atom is 2.00 e. The molecule has 0 aromatic carbocycles. The zero-order chi connectivity index (χ0) is 9.78. The zero-order valence-electron chi connectivity index (χ0n) is 9.18. The van der Waals surface area contributed by atoms with E-state index in [-0.39, 0.29) is 29.1 Å². The van der Waals surface area contributed by atoms with Crippen LogP contribution in [-0.4, -0.2) is 6.29 Å². The quantitative estimate of drug-likeness (QED) is 0.466. The molecule has 2 fully saturated rings. The summed E-state index contributed by atoms with van der Waals surface area (Å²) in [6.45, 7) is 1.32. The first-order valence-electron chi connectivity index (χ1n) is 4.04. The average Bonchev–Trinajstić information content (AvgIpc) is 2.85. The van der Waals surface area contributed by atoms with Crippen LogP contribution in [0.1, 0.15) is 6.92 Å². The SMILES string of the molecule is C[C-]=O.[CH3-].[CH]1[CH][CH][CH][CH]1.[CH]1[CH][CH][CH][CH]1.[Ti+2]. The van der Waals surface area contributed by atoms with Crippen molar-refractivity contribution < 1.29 is 26.5 Å². The Bertz CT molecular complexity index is 71.5. The van der Waals surface area contributed by atoms with E-state index in [0.717, 1.165) is 0 Å². The van der Waals surface area contributed by atoms with Gasteiger partial charge < -0.3 is 12.2 Å². The van der Waals surface area contributed by atoms with Crippen LogP contribution in [0.15, 0.2) is 0 Å². The van der Waals surface area contributed by atoms with Gasteiger partial charge >= 0.3 is 21.7 Å². The van der Waals surface area contributed by atoms with Crippen LogP contribution in [0.4, 0.5) is 0 Å². The predicted molar refractivity (Wildman–Crippen MR) is 60.8 cm³/mol. The zero-order valence-corrected chi connectivity index (χ0v) is 10.7. The molecular weight excluding hydrogens is 220 g/mol. The molecule has 0 spiro atoms. The van der Waals surface area contributed by atoms with Crippen molar-refractivity contribution in [1.82, 2.24) is 0 Å². The van der Waals surface area contributed by atoms with E-state index in [1.54, 1.807) is 0 Å². The molecule has 2 rings (SSSR count). The summed E-state index contributed by atoms with van der Waals surface area (Å²) in [5.74, 6) is 0. The first-order valence-corrected chi connectivity index (χ1v) is 4.04. The van der Waals surface area contributed by atoms with Crippen LogP contribution in [0.2, 0.25) is 0 Å². The van der Waals surface area contributed by atoms with Crippen molar-refractivity contribution in [2.45, 2.75) is 6.92 Å². The number of rotatable bonds is 0. The smallest absolute Gasteiger partial charge is 0.542 e. The first-order chi connectivity index (χ1) is 6.41. The fourth-order valence-electron chi connectivity index (χ4n) is 0.642. The van der Waals surface area contributed by atoms with Gasteiger partial charge in [0.1, 0.15) is 0 Å². The predicted octanol–water partition coefficient (Wildman–Crippen LogP) is 2.61. The Morgan fingerprint density at radius 3 is 0.800 bits per heavy atom. The molecule has 2 aliphatic rings. The van der Waals surface area contributed by atoms with E-state index in [1.165, 1.54) is 13.2 Å². The molecule has 2 saturated carbocycles. The molecule has 0 unspecified atom stereocenters. The summed E-state index contributed by atoms with van der Waals surface area (Å²) in [6, 6.07) is 0. The third kappa shape index (κ3) is 20.5. The van der Waals surface area contributed by atoms with Gasteiger partial charge in [0.15, 0.2) is 0 Å². The molecule has 2 heteroatoms. The molecule has 15 heavy (non-hydrogen) atoms. The molecule has 0 bridgehead atoms. The van der Waals surface area contributed by atoms with Gasteiger partial charge in [-0.2, -0.15) is 6.92 Å². The van der Waals surface area contributed by atoms with E-state index < -0.39 is 0 Å². The van der Waals surface area contributed by atoms with Crippen molar-refractivity contribution in [2.24, 2.45) is 0 Å². The molecule has 2 aliphatic carbocycles. The van der Waals surface area contributed by atoms with Crippen LogP contribution in [0, 0.1) is 71.6 Å². The van der Waals surface area contributed by atoms with Crippen molar-refractivity contribution in [3.63, 3.8) is 0 Å². The second-order valence-corrected chi connectivity index (χ2v) is 2.13. The summed E-state index contributed by atoms with van der Waals surface area (Å²) in [6.07, 6.45) is 21.5. The average molecular weight is 236 g/mol. The van der Waals surface area contributed by atoms with E-state index in [2.05, 4.69) is 0 Å². The summed E-state index contributed by atoms with van der Waals surface area (Å²) in [7, 11) is 0. The van der Waals surface area contributed by atoms with Gasteiger partial charge in [0, 0.05) is 0 Å². The van der Waals surface area contributed by atoms with Gasteiger partial charge in [-0.3, -0.25) is 6.29 Å². The van der Waals surface area contributed by atoms with Gasteiger partial charge in [0.25, 0.3) is 0 Å². The summed E-state index contributed by atoms with van der Waals surface area (Å²) in [4.78, 5) is 8.68. The van der Waals surface area contributed by atoms with E-state index in [0.29, 0.717) is 0 Å². The van der Waals surface area contributed by atoms with Crippen LogP contribution >= 0.6 is 0 Å². The summed E-state index contributed by atoms with van der Waals surface area (Å²) < 4.78 is 0. The van der Waals surface area contributed by atoms with Gasteiger partial charge in [0.05, 0.1) is 0 Å². The van der Waals surface area contributed by atoms with Crippen molar-refractivity contribution in [1.29, 1.82) is 0 Å².